The van der Waals surface area contributed by atoms with Crippen molar-refractivity contribution in [1.29, 1.82) is 0 Å². The van der Waals surface area contributed by atoms with Crippen LogP contribution in [0, 0.1) is 0 Å². The van der Waals surface area contributed by atoms with Crippen molar-refractivity contribution in [3.05, 3.63) is 158 Å². The lowest BCUT2D eigenvalue weighted by Gasteiger charge is -2.24. The van der Waals surface area contributed by atoms with Gasteiger partial charge in [-0.3, -0.25) is 0 Å². The van der Waals surface area contributed by atoms with Crippen LogP contribution in [-0.2, 0) is 11.1 Å². The van der Waals surface area contributed by atoms with E-state index in [1.807, 2.05) is 72.8 Å². The molecule has 0 N–H and O–H groups in total. The van der Waals surface area contributed by atoms with E-state index in [1.165, 1.54) is 0 Å². The second kappa shape index (κ2) is 11.4. The summed E-state index contributed by atoms with van der Waals surface area (Å²) in [7, 11) is -3.32. The van der Waals surface area contributed by atoms with E-state index in [-0.39, 0.29) is 0 Å². The van der Waals surface area contributed by atoms with Crippen LogP contribution in [0.3, 0.4) is 0 Å². The Morgan fingerprint density at radius 1 is 0.581 bits per heavy atom. The van der Waals surface area contributed by atoms with Crippen molar-refractivity contribution in [3.8, 4) is 33.9 Å². The molecule has 0 aliphatic rings. The minimum atomic E-state index is -3.32. The zero-order valence-electron chi connectivity index (χ0n) is 24.0. The lowest BCUT2D eigenvalue weighted by Crippen LogP contribution is -2.27. The molecule has 43 heavy (non-hydrogen) atoms. The maximum Gasteiger partial charge on any atom is 0.171 e. The highest BCUT2D eigenvalue weighted by Gasteiger charge is 2.35. The zero-order chi connectivity index (χ0) is 29.2. The van der Waals surface area contributed by atoms with Crippen LogP contribution in [-0.4, -0.2) is 9.55 Å². The smallest absolute Gasteiger partial charge is 0.171 e. The van der Waals surface area contributed by atoms with Crippen LogP contribution in [0.5, 0.6) is 0 Å². The van der Waals surface area contributed by atoms with Gasteiger partial charge in [-0.25, -0.2) is 4.98 Å². The Hall–Kier alpha value is -4.98. The number of benzene rings is 6. The monoisotopic (exact) mass is 574 g/mol. The molecular formula is C39H31N2OP. The molecule has 0 unspecified atom stereocenters. The highest BCUT2D eigenvalue weighted by Crippen LogP contribution is 2.48. The number of hydrogen-bond acceptors (Lipinski definition) is 2. The second-order valence-corrected chi connectivity index (χ2v) is 13.3. The van der Waals surface area contributed by atoms with Crippen LogP contribution in [0.25, 0.3) is 44.7 Å². The van der Waals surface area contributed by atoms with Crippen molar-refractivity contribution in [2.45, 2.75) is 13.5 Å². The quantitative estimate of drug-likeness (QED) is 0.179. The summed E-state index contributed by atoms with van der Waals surface area (Å²) in [6.07, 6.45) is 0. The molecule has 6 aromatic carbocycles. The van der Waals surface area contributed by atoms with Crippen molar-refractivity contribution in [1.82, 2.24) is 9.55 Å². The molecule has 0 bridgehead atoms. The van der Waals surface area contributed by atoms with Crippen LogP contribution < -0.4 is 15.9 Å². The molecule has 0 aliphatic heterocycles. The Morgan fingerprint density at radius 2 is 1.09 bits per heavy atom. The highest BCUT2D eigenvalue weighted by molar-refractivity contribution is 7.85. The van der Waals surface area contributed by atoms with E-state index >= 15 is 4.57 Å². The fraction of sp³-hybridized carbons (Fsp3) is 0.0513. The van der Waals surface area contributed by atoms with Crippen molar-refractivity contribution >= 4 is 33.8 Å². The van der Waals surface area contributed by atoms with Gasteiger partial charge in [0.25, 0.3) is 0 Å². The summed E-state index contributed by atoms with van der Waals surface area (Å²) in [5.74, 6) is 0.819. The first-order valence-electron chi connectivity index (χ1n) is 14.7. The molecule has 1 aromatic heterocycles. The molecule has 4 heteroatoms. The molecule has 208 valence electrons. The summed E-state index contributed by atoms with van der Waals surface area (Å²) in [4.78, 5) is 5.45. The molecule has 0 saturated carbocycles. The van der Waals surface area contributed by atoms with E-state index in [1.54, 1.807) is 0 Å². The Labute approximate surface area is 252 Å². The molecule has 1 heterocycles. The van der Waals surface area contributed by atoms with E-state index < -0.39 is 7.14 Å². The number of rotatable bonds is 7. The first-order valence-corrected chi connectivity index (χ1v) is 16.4. The Bertz CT molecular complexity index is 2030. The standard InChI is InChI=1S/C39H31N2OP/c1-2-41-38(31-20-9-4-10-21-31)37(30-18-7-3-8-19-30)40-39(41)36-34-26-16-15-17-29(34)27-28-35(36)43(42,32-22-11-5-12-23-32)33-24-13-6-14-25-33/h3-28H,2H2,1H3. The normalized spacial score (nSPS) is 11.6. The highest BCUT2D eigenvalue weighted by atomic mass is 31.2. The van der Waals surface area contributed by atoms with Crippen LogP contribution in [0.4, 0.5) is 0 Å². The van der Waals surface area contributed by atoms with Gasteiger partial charge in [0.05, 0.1) is 11.4 Å². The van der Waals surface area contributed by atoms with Gasteiger partial charge in [0.15, 0.2) is 7.14 Å². The average Bonchev–Trinajstić information content (AvgIpc) is 3.48. The maximum atomic E-state index is 15.9. The number of nitrogens with zero attached hydrogens (tertiary/aromatic N) is 2. The predicted molar refractivity (Wildman–Crippen MR) is 181 cm³/mol. The molecule has 3 nitrogen and oxygen atoms in total. The fourth-order valence-electron chi connectivity index (χ4n) is 6.10. The van der Waals surface area contributed by atoms with E-state index in [9.17, 15) is 0 Å². The summed E-state index contributed by atoms with van der Waals surface area (Å²) in [6.45, 7) is 2.86. The van der Waals surface area contributed by atoms with Crippen molar-refractivity contribution in [2.24, 2.45) is 0 Å². The SMILES string of the molecule is CCn1c(-c2c(P(=O)(c3ccccc3)c3ccccc3)ccc3ccccc23)nc(-c2ccccc2)c1-c1ccccc1. The van der Waals surface area contributed by atoms with Crippen LogP contribution in [0.15, 0.2) is 158 Å². The van der Waals surface area contributed by atoms with Crippen LogP contribution in [0.2, 0.25) is 0 Å². The molecule has 0 spiro atoms. The summed E-state index contributed by atoms with van der Waals surface area (Å²) in [5.41, 5.74) is 5.02. The summed E-state index contributed by atoms with van der Waals surface area (Å²) in [5, 5.41) is 4.52. The molecular weight excluding hydrogens is 543 g/mol. The van der Waals surface area contributed by atoms with E-state index in [0.717, 1.165) is 60.6 Å². The number of fused-ring (bicyclic) bond motifs is 1. The second-order valence-electron chi connectivity index (χ2n) is 10.6. The molecule has 0 radical (unpaired) electrons. The number of aromatic nitrogens is 2. The number of hydrogen-bond donors (Lipinski definition) is 0. The Balaban J connectivity index is 1.63. The molecule has 7 rings (SSSR count). The minimum absolute atomic E-state index is 0.697. The predicted octanol–water partition coefficient (Wildman–Crippen LogP) is 8.70. The summed E-state index contributed by atoms with van der Waals surface area (Å²) in [6, 6.07) is 53.1. The van der Waals surface area contributed by atoms with Gasteiger partial charge in [-0.2, -0.15) is 0 Å². The largest absolute Gasteiger partial charge is 0.324 e. The lowest BCUT2D eigenvalue weighted by atomic mass is 10.0. The van der Waals surface area contributed by atoms with E-state index in [4.69, 9.17) is 4.98 Å². The molecule has 0 atom stereocenters. The third-order valence-electron chi connectivity index (χ3n) is 8.09. The Morgan fingerprint density at radius 3 is 1.67 bits per heavy atom. The van der Waals surface area contributed by atoms with E-state index in [2.05, 4.69) is 96.4 Å². The molecule has 0 aliphatic carbocycles. The topological polar surface area (TPSA) is 34.9 Å². The third kappa shape index (κ3) is 4.63. The van der Waals surface area contributed by atoms with Crippen LogP contribution >= 0.6 is 7.14 Å². The lowest BCUT2D eigenvalue weighted by molar-refractivity contribution is 0.592. The van der Waals surface area contributed by atoms with Crippen molar-refractivity contribution in [2.75, 3.05) is 0 Å². The molecule has 0 saturated heterocycles. The van der Waals surface area contributed by atoms with Gasteiger partial charge < -0.3 is 9.13 Å². The van der Waals surface area contributed by atoms with Gasteiger partial charge >= 0.3 is 0 Å². The van der Waals surface area contributed by atoms with Crippen molar-refractivity contribution in [3.63, 3.8) is 0 Å². The summed E-state index contributed by atoms with van der Waals surface area (Å²) >= 11 is 0. The van der Waals surface area contributed by atoms with Gasteiger partial charge in [-0.1, -0.05) is 152 Å². The van der Waals surface area contributed by atoms with Gasteiger partial charge in [-0.15, -0.1) is 0 Å². The fourth-order valence-corrected chi connectivity index (χ4v) is 8.96. The van der Waals surface area contributed by atoms with E-state index in [0.29, 0.717) is 6.54 Å². The molecule has 0 fully saturated rings. The maximum absolute atomic E-state index is 15.9. The van der Waals surface area contributed by atoms with Gasteiger partial charge in [0.1, 0.15) is 5.82 Å². The Kier molecular flexibility index (Phi) is 7.10. The van der Waals surface area contributed by atoms with Gasteiger partial charge in [-0.05, 0) is 23.8 Å². The first-order chi connectivity index (χ1) is 21.2. The molecule has 7 aromatic rings. The van der Waals surface area contributed by atoms with Crippen LogP contribution in [0.1, 0.15) is 6.92 Å². The average molecular weight is 575 g/mol. The first kappa shape index (κ1) is 26.9. The van der Waals surface area contributed by atoms with Gasteiger partial charge in [0, 0.05) is 39.1 Å². The zero-order valence-corrected chi connectivity index (χ0v) is 24.9. The van der Waals surface area contributed by atoms with Gasteiger partial charge in [0.2, 0.25) is 0 Å². The third-order valence-corrected chi connectivity index (χ3v) is 11.2. The minimum Gasteiger partial charge on any atom is -0.324 e. The number of imidazole rings is 1. The van der Waals surface area contributed by atoms with Crippen molar-refractivity contribution < 1.29 is 4.57 Å². The summed E-state index contributed by atoms with van der Waals surface area (Å²) < 4.78 is 18.1. The molecule has 0 amide bonds.